The summed E-state index contributed by atoms with van der Waals surface area (Å²) >= 11 is 0. The highest BCUT2D eigenvalue weighted by atomic mass is 16.5. The zero-order valence-corrected chi connectivity index (χ0v) is 15.4. The Bertz CT molecular complexity index is 683. The highest BCUT2D eigenvalue weighted by molar-refractivity contribution is 6.09. The van der Waals surface area contributed by atoms with E-state index in [1.54, 1.807) is 7.11 Å². The lowest BCUT2D eigenvalue weighted by atomic mass is 9.70. The first-order valence-electron chi connectivity index (χ1n) is 8.99. The van der Waals surface area contributed by atoms with Crippen molar-refractivity contribution in [3.05, 3.63) is 34.9 Å². The SMILES string of the molecule is COC1CCC2(CC1)Cc1ccc(CC(C)(C)C)cc1C2=NC#N. The molecule has 0 atom stereocenters. The lowest BCUT2D eigenvalue weighted by Crippen LogP contribution is -2.35. The van der Waals surface area contributed by atoms with E-state index < -0.39 is 0 Å². The Labute approximate surface area is 145 Å². The zero-order chi connectivity index (χ0) is 17.4. The fraction of sp³-hybridized carbons (Fsp3) is 0.619. The molecule has 1 spiro atoms. The molecule has 2 aliphatic rings. The summed E-state index contributed by atoms with van der Waals surface area (Å²) in [5.74, 6) is 0. The summed E-state index contributed by atoms with van der Waals surface area (Å²) < 4.78 is 5.54. The molecule has 0 amide bonds. The molecule has 1 aromatic rings. The van der Waals surface area contributed by atoms with Gasteiger partial charge in [0.25, 0.3) is 0 Å². The average molecular weight is 324 g/mol. The van der Waals surface area contributed by atoms with Crippen LogP contribution in [0.25, 0.3) is 0 Å². The topological polar surface area (TPSA) is 45.4 Å². The van der Waals surface area contributed by atoms with Gasteiger partial charge in [0.05, 0.1) is 11.8 Å². The molecule has 0 unspecified atom stereocenters. The van der Waals surface area contributed by atoms with Gasteiger partial charge in [-0.15, -0.1) is 0 Å². The van der Waals surface area contributed by atoms with E-state index in [2.05, 4.69) is 50.2 Å². The third-order valence-corrected chi connectivity index (χ3v) is 5.58. The van der Waals surface area contributed by atoms with Gasteiger partial charge in [-0.25, -0.2) is 0 Å². The van der Waals surface area contributed by atoms with Crippen molar-refractivity contribution in [2.75, 3.05) is 7.11 Å². The summed E-state index contributed by atoms with van der Waals surface area (Å²) in [6, 6.07) is 6.81. The lowest BCUT2D eigenvalue weighted by molar-refractivity contribution is 0.0468. The molecule has 0 aliphatic heterocycles. The molecule has 0 heterocycles. The number of hydrogen-bond donors (Lipinski definition) is 0. The first-order valence-corrected chi connectivity index (χ1v) is 8.99. The molecule has 3 rings (SSSR count). The fourth-order valence-corrected chi connectivity index (χ4v) is 4.48. The molecule has 0 saturated heterocycles. The van der Waals surface area contributed by atoms with Crippen LogP contribution in [0, 0.1) is 22.3 Å². The summed E-state index contributed by atoms with van der Waals surface area (Å²) in [7, 11) is 1.80. The first kappa shape index (κ1) is 17.2. The van der Waals surface area contributed by atoms with Crippen molar-refractivity contribution in [2.45, 2.75) is 65.4 Å². The Morgan fingerprint density at radius 1 is 1.29 bits per heavy atom. The van der Waals surface area contributed by atoms with Crippen molar-refractivity contribution in [1.29, 1.82) is 5.26 Å². The molecule has 0 aromatic heterocycles. The second kappa shape index (κ2) is 6.33. The van der Waals surface area contributed by atoms with Crippen molar-refractivity contribution in [1.82, 2.24) is 0 Å². The zero-order valence-electron chi connectivity index (χ0n) is 15.4. The summed E-state index contributed by atoms with van der Waals surface area (Å²) in [6.07, 6.45) is 8.74. The molecule has 1 fully saturated rings. The molecule has 0 bridgehead atoms. The maximum Gasteiger partial charge on any atom is 0.205 e. The molecular formula is C21H28N2O. The number of nitriles is 1. The quantitative estimate of drug-likeness (QED) is 0.742. The van der Waals surface area contributed by atoms with E-state index in [-0.39, 0.29) is 10.8 Å². The summed E-state index contributed by atoms with van der Waals surface area (Å²) in [5.41, 5.74) is 5.26. The molecule has 128 valence electrons. The number of methoxy groups -OCH3 is 1. The van der Waals surface area contributed by atoms with Gasteiger partial charge in [-0.1, -0.05) is 32.9 Å². The highest BCUT2D eigenvalue weighted by Gasteiger charge is 2.45. The third-order valence-electron chi connectivity index (χ3n) is 5.58. The van der Waals surface area contributed by atoms with Gasteiger partial charge >= 0.3 is 0 Å². The van der Waals surface area contributed by atoms with Crippen molar-refractivity contribution >= 4 is 5.71 Å². The third kappa shape index (κ3) is 3.26. The van der Waals surface area contributed by atoms with E-state index in [9.17, 15) is 5.26 Å². The number of hydrogen-bond acceptors (Lipinski definition) is 3. The Morgan fingerprint density at radius 2 is 2.00 bits per heavy atom. The lowest BCUT2D eigenvalue weighted by Gasteiger charge is -2.36. The van der Waals surface area contributed by atoms with E-state index in [4.69, 9.17) is 4.74 Å². The van der Waals surface area contributed by atoms with Gasteiger partial charge in [0.2, 0.25) is 6.19 Å². The van der Waals surface area contributed by atoms with Gasteiger partial charge in [0.1, 0.15) is 0 Å². The first-order chi connectivity index (χ1) is 11.4. The van der Waals surface area contributed by atoms with Crippen molar-refractivity contribution < 1.29 is 4.74 Å². The fourth-order valence-electron chi connectivity index (χ4n) is 4.48. The number of fused-ring (bicyclic) bond motifs is 1. The molecule has 2 aliphatic carbocycles. The molecule has 3 heteroatoms. The van der Waals surface area contributed by atoms with Crippen molar-refractivity contribution in [3.63, 3.8) is 0 Å². The monoisotopic (exact) mass is 324 g/mol. The van der Waals surface area contributed by atoms with Crippen LogP contribution >= 0.6 is 0 Å². The second-order valence-electron chi connectivity index (χ2n) is 8.68. The molecule has 1 saturated carbocycles. The molecular weight excluding hydrogens is 296 g/mol. The predicted octanol–water partition coefficient (Wildman–Crippen LogP) is 4.68. The van der Waals surface area contributed by atoms with Crippen LogP contribution in [0.1, 0.15) is 63.1 Å². The number of benzene rings is 1. The summed E-state index contributed by atoms with van der Waals surface area (Å²) in [6.45, 7) is 6.79. The van der Waals surface area contributed by atoms with Crippen LogP contribution in [0.4, 0.5) is 0 Å². The van der Waals surface area contributed by atoms with Crippen LogP contribution in [0.2, 0.25) is 0 Å². The Balaban J connectivity index is 1.94. The maximum atomic E-state index is 9.26. The van der Waals surface area contributed by atoms with Gasteiger partial charge in [-0.2, -0.15) is 10.3 Å². The van der Waals surface area contributed by atoms with Crippen molar-refractivity contribution in [2.24, 2.45) is 15.8 Å². The van der Waals surface area contributed by atoms with E-state index in [0.29, 0.717) is 6.10 Å². The normalized spacial score (nSPS) is 28.1. The molecule has 24 heavy (non-hydrogen) atoms. The highest BCUT2D eigenvalue weighted by Crippen LogP contribution is 2.48. The number of rotatable bonds is 2. The second-order valence-corrected chi connectivity index (χ2v) is 8.68. The molecule has 0 N–H and O–H groups in total. The Morgan fingerprint density at radius 3 is 2.58 bits per heavy atom. The van der Waals surface area contributed by atoms with Crippen LogP contribution in [0.3, 0.4) is 0 Å². The minimum atomic E-state index is 0.0491. The van der Waals surface area contributed by atoms with E-state index in [1.807, 2.05) is 0 Å². The van der Waals surface area contributed by atoms with Gasteiger partial charge in [-0.05, 0) is 61.1 Å². The van der Waals surface area contributed by atoms with Crippen LogP contribution in [-0.2, 0) is 17.6 Å². The summed E-state index contributed by atoms with van der Waals surface area (Å²) in [5, 5.41) is 9.26. The van der Waals surface area contributed by atoms with Gasteiger partial charge in [0, 0.05) is 18.1 Å². The molecule has 1 aromatic carbocycles. The smallest absolute Gasteiger partial charge is 0.205 e. The van der Waals surface area contributed by atoms with E-state index in [1.165, 1.54) is 16.7 Å². The van der Waals surface area contributed by atoms with Crippen molar-refractivity contribution in [3.8, 4) is 6.19 Å². The molecule has 0 radical (unpaired) electrons. The van der Waals surface area contributed by atoms with Crippen LogP contribution in [-0.4, -0.2) is 18.9 Å². The minimum absolute atomic E-state index is 0.0491. The van der Waals surface area contributed by atoms with E-state index >= 15 is 0 Å². The molecule has 3 nitrogen and oxygen atoms in total. The van der Waals surface area contributed by atoms with Gasteiger partial charge < -0.3 is 4.74 Å². The standard InChI is InChI=1S/C21H28N2O/c1-20(2,3)12-15-5-6-16-13-21(9-7-17(24-4)8-10-21)19(23-14-22)18(16)11-15/h5-6,11,17H,7-10,12-13H2,1-4H3. The number of nitrogens with zero attached hydrogens (tertiary/aromatic N) is 2. The Kier molecular flexibility index (Phi) is 4.53. The van der Waals surface area contributed by atoms with Crippen LogP contribution < -0.4 is 0 Å². The number of ether oxygens (including phenoxy) is 1. The van der Waals surface area contributed by atoms with Gasteiger partial charge in [0.15, 0.2) is 0 Å². The predicted molar refractivity (Wildman–Crippen MR) is 97.2 cm³/mol. The van der Waals surface area contributed by atoms with Crippen LogP contribution in [0.5, 0.6) is 0 Å². The van der Waals surface area contributed by atoms with Crippen LogP contribution in [0.15, 0.2) is 23.2 Å². The number of aliphatic imine (C=N–C) groups is 1. The summed E-state index contributed by atoms with van der Waals surface area (Å²) in [4.78, 5) is 4.31. The van der Waals surface area contributed by atoms with Gasteiger partial charge in [-0.3, -0.25) is 0 Å². The maximum absolute atomic E-state index is 9.26. The van der Waals surface area contributed by atoms with E-state index in [0.717, 1.165) is 44.2 Å². The minimum Gasteiger partial charge on any atom is -0.381 e. The largest absolute Gasteiger partial charge is 0.381 e. The average Bonchev–Trinajstić information content (AvgIpc) is 2.81. The Hall–Kier alpha value is -1.66.